The van der Waals surface area contributed by atoms with Crippen molar-refractivity contribution < 1.29 is 18.0 Å². The van der Waals surface area contributed by atoms with E-state index in [0.29, 0.717) is 16.7 Å². The number of carbonyl (C=O) groups is 1. The summed E-state index contributed by atoms with van der Waals surface area (Å²) in [6, 6.07) is 6.75. The number of H-pyrrole nitrogens is 1. The average Bonchev–Trinajstić information content (AvgIpc) is 3.22. The van der Waals surface area contributed by atoms with Gasteiger partial charge in [-0.25, -0.2) is 13.8 Å². The van der Waals surface area contributed by atoms with E-state index in [0.717, 1.165) is 29.7 Å². The van der Waals surface area contributed by atoms with Gasteiger partial charge in [0.05, 0.1) is 5.75 Å². The number of aromatic nitrogens is 3. The Hall–Kier alpha value is -2.74. The number of thioether (sulfide) groups is 1. The number of nitrogens with zero attached hydrogens (tertiary/aromatic N) is 2. The first kappa shape index (κ1) is 17.1. The molecule has 1 aromatic carbocycles. The first-order valence-corrected chi connectivity index (χ1v) is 8.28. The predicted molar refractivity (Wildman–Crippen MR) is 90.2 cm³/mol. The van der Waals surface area contributed by atoms with E-state index in [2.05, 4.69) is 15.2 Å². The van der Waals surface area contributed by atoms with E-state index in [-0.39, 0.29) is 17.1 Å². The summed E-state index contributed by atoms with van der Waals surface area (Å²) in [7, 11) is 0. The zero-order valence-electron chi connectivity index (χ0n) is 13.1. The molecular formula is C17H13F2N3O2S. The third-order valence-corrected chi connectivity index (χ3v) is 4.07. The summed E-state index contributed by atoms with van der Waals surface area (Å²) in [6.45, 7) is 1.85. The minimum Gasteiger partial charge on any atom is -0.462 e. The maximum Gasteiger partial charge on any atom is 0.209 e. The zero-order chi connectivity index (χ0) is 17.8. The van der Waals surface area contributed by atoms with E-state index < -0.39 is 11.6 Å². The van der Waals surface area contributed by atoms with Crippen LogP contribution in [0.2, 0.25) is 0 Å². The normalized spacial score (nSPS) is 11.3. The second-order valence-corrected chi connectivity index (χ2v) is 6.07. The molecule has 0 aliphatic carbocycles. The molecule has 5 nitrogen and oxygen atoms in total. The molecule has 0 spiro atoms. The molecule has 3 rings (SSSR count). The van der Waals surface area contributed by atoms with Gasteiger partial charge in [0.1, 0.15) is 17.3 Å². The molecule has 0 atom stereocenters. The van der Waals surface area contributed by atoms with Gasteiger partial charge >= 0.3 is 0 Å². The molecule has 0 unspecified atom stereocenters. The van der Waals surface area contributed by atoms with Gasteiger partial charge in [-0.15, -0.1) is 5.10 Å². The minimum atomic E-state index is -1.05. The zero-order valence-corrected chi connectivity index (χ0v) is 13.9. The molecule has 0 aliphatic rings. The van der Waals surface area contributed by atoms with Crippen LogP contribution in [0.25, 0.3) is 12.2 Å². The summed E-state index contributed by atoms with van der Waals surface area (Å²) in [5, 5.41) is 7.10. The lowest BCUT2D eigenvalue weighted by Gasteiger charge is -2.00. The molecule has 2 heterocycles. The topological polar surface area (TPSA) is 71.8 Å². The number of benzene rings is 1. The second kappa shape index (κ2) is 7.43. The summed E-state index contributed by atoms with van der Waals surface area (Å²) < 4.78 is 31.4. The van der Waals surface area contributed by atoms with Gasteiger partial charge in [-0.05, 0) is 49.4 Å². The van der Waals surface area contributed by atoms with Gasteiger partial charge in [0, 0.05) is 5.56 Å². The van der Waals surface area contributed by atoms with Crippen LogP contribution in [0.3, 0.4) is 0 Å². The first-order chi connectivity index (χ1) is 12.0. The lowest BCUT2D eigenvalue weighted by atomic mass is 10.1. The van der Waals surface area contributed by atoms with Gasteiger partial charge in [0.25, 0.3) is 0 Å². The van der Waals surface area contributed by atoms with E-state index in [4.69, 9.17) is 4.42 Å². The SMILES string of the molecule is Cc1ccc(/C=C/c2nc(SCC(=O)c3ccc(F)c(F)c3)n[nH]2)o1. The third-order valence-electron chi connectivity index (χ3n) is 3.22. The maximum atomic E-state index is 13.2. The predicted octanol–water partition coefficient (Wildman–Crippen LogP) is 4.13. The van der Waals surface area contributed by atoms with Crippen molar-refractivity contribution in [2.75, 3.05) is 5.75 Å². The molecule has 0 radical (unpaired) electrons. The number of aromatic amines is 1. The highest BCUT2D eigenvalue weighted by molar-refractivity contribution is 7.99. The van der Waals surface area contributed by atoms with Crippen molar-refractivity contribution in [2.24, 2.45) is 0 Å². The number of furan rings is 1. The molecule has 0 saturated carbocycles. The van der Waals surface area contributed by atoms with Crippen molar-refractivity contribution in [3.63, 3.8) is 0 Å². The van der Waals surface area contributed by atoms with Crippen molar-refractivity contribution in [2.45, 2.75) is 12.1 Å². The van der Waals surface area contributed by atoms with E-state index in [1.54, 1.807) is 12.2 Å². The van der Waals surface area contributed by atoms with Crippen molar-refractivity contribution >= 4 is 29.7 Å². The summed E-state index contributed by atoms with van der Waals surface area (Å²) >= 11 is 1.10. The molecular weight excluding hydrogens is 348 g/mol. The number of halogens is 2. The highest BCUT2D eigenvalue weighted by Gasteiger charge is 2.12. The largest absolute Gasteiger partial charge is 0.462 e. The van der Waals surface area contributed by atoms with Crippen molar-refractivity contribution in [1.29, 1.82) is 0 Å². The standard InChI is InChI=1S/C17H13F2N3O2S/c1-10-2-4-12(24-10)5-7-16-20-17(22-21-16)25-9-15(23)11-3-6-13(18)14(19)8-11/h2-8H,9H2,1H3,(H,20,21,22)/b7-5+. The van der Waals surface area contributed by atoms with E-state index in [9.17, 15) is 13.6 Å². The molecule has 0 amide bonds. The quantitative estimate of drug-likeness (QED) is 0.528. The average molecular weight is 361 g/mol. The fourth-order valence-corrected chi connectivity index (χ4v) is 2.68. The fraction of sp³-hybridized carbons (Fsp3) is 0.118. The van der Waals surface area contributed by atoms with E-state index in [1.807, 2.05) is 19.1 Å². The number of ketones is 1. The van der Waals surface area contributed by atoms with Crippen LogP contribution in [-0.2, 0) is 0 Å². The fourth-order valence-electron chi connectivity index (χ4n) is 1.98. The molecule has 0 aliphatic heterocycles. The maximum absolute atomic E-state index is 13.2. The molecule has 8 heteroatoms. The molecule has 25 heavy (non-hydrogen) atoms. The Bertz CT molecular complexity index is 934. The van der Waals surface area contributed by atoms with Crippen LogP contribution in [0.5, 0.6) is 0 Å². The van der Waals surface area contributed by atoms with Gasteiger partial charge in [0.15, 0.2) is 17.4 Å². The molecule has 2 aromatic heterocycles. The smallest absolute Gasteiger partial charge is 0.209 e. The highest BCUT2D eigenvalue weighted by Crippen LogP contribution is 2.17. The van der Waals surface area contributed by atoms with Crippen LogP contribution in [0, 0.1) is 18.6 Å². The minimum absolute atomic E-state index is 0.0173. The summed E-state index contributed by atoms with van der Waals surface area (Å²) in [6.07, 6.45) is 3.45. The van der Waals surface area contributed by atoms with Crippen LogP contribution < -0.4 is 0 Å². The summed E-state index contributed by atoms with van der Waals surface area (Å²) in [4.78, 5) is 16.2. The Labute approximate surface area is 146 Å². The number of nitrogens with one attached hydrogen (secondary N) is 1. The lowest BCUT2D eigenvalue weighted by molar-refractivity contribution is 0.102. The third kappa shape index (κ3) is 4.42. The van der Waals surface area contributed by atoms with Gasteiger partial charge in [-0.3, -0.25) is 9.89 Å². The van der Waals surface area contributed by atoms with E-state index >= 15 is 0 Å². The van der Waals surface area contributed by atoms with Crippen LogP contribution in [-0.4, -0.2) is 26.7 Å². The Balaban J connectivity index is 1.58. The number of rotatable bonds is 6. The first-order valence-electron chi connectivity index (χ1n) is 7.29. The Morgan fingerprint density at radius 1 is 1.24 bits per heavy atom. The molecule has 3 aromatic rings. The summed E-state index contributed by atoms with van der Waals surface area (Å²) in [5.41, 5.74) is 0.107. The Morgan fingerprint density at radius 2 is 2.08 bits per heavy atom. The monoisotopic (exact) mass is 361 g/mol. The highest BCUT2D eigenvalue weighted by atomic mass is 32.2. The molecule has 0 bridgehead atoms. The van der Waals surface area contributed by atoms with E-state index in [1.165, 1.54) is 6.07 Å². The lowest BCUT2D eigenvalue weighted by Crippen LogP contribution is -2.03. The van der Waals surface area contributed by atoms with Gasteiger partial charge in [-0.2, -0.15) is 0 Å². The number of Topliss-reactive ketones (excluding diaryl/α,β-unsaturated/α-hetero) is 1. The van der Waals surface area contributed by atoms with Gasteiger partial charge in [0.2, 0.25) is 5.16 Å². The molecule has 0 saturated heterocycles. The van der Waals surface area contributed by atoms with Crippen LogP contribution in [0.4, 0.5) is 8.78 Å². The Morgan fingerprint density at radius 3 is 2.80 bits per heavy atom. The number of hydrogen-bond donors (Lipinski definition) is 1. The van der Waals surface area contributed by atoms with Gasteiger partial charge in [-0.1, -0.05) is 11.8 Å². The van der Waals surface area contributed by atoms with Crippen molar-refractivity contribution in [1.82, 2.24) is 15.2 Å². The van der Waals surface area contributed by atoms with Crippen molar-refractivity contribution in [3.8, 4) is 0 Å². The molecule has 0 fully saturated rings. The number of aryl methyl sites for hydroxylation is 1. The number of hydrogen-bond acceptors (Lipinski definition) is 5. The Kier molecular flexibility index (Phi) is 5.08. The molecule has 128 valence electrons. The summed E-state index contributed by atoms with van der Waals surface area (Å²) in [5.74, 6) is -0.339. The van der Waals surface area contributed by atoms with Crippen LogP contribution >= 0.6 is 11.8 Å². The van der Waals surface area contributed by atoms with Crippen LogP contribution in [0.15, 0.2) is 39.9 Å². The van der Waals surface area contributed by atoms with Crippen LogP contribution in [0.1, 0.15) is 27.7 Å². The number of carbonyl (C=O) groups excluding carboxylic acids is 1. The second-order valence-electron chi connectivity index (χ2n) is 5.13. The van der Waals surface area contributed by atoms with Crippen molar-refractivity contribution in [3.05, 3.63) is 64.9 Å². The van der Waals surface area contributed by atoms with Gasteiger partial charge < -0.3 is 4.42 Å². The molecule has 1 N–H and O–H groups in total.